The van der Waals surface area contributed by atoms with Crippen LogP contribution in [-0.2, 0) is 19.2 Å². The number of hydrogen-bond donors (Lipinski definition) is 4. The quantitative estimate of drug-likeness (QED) is 0.258. The van der Waals surface area contributed by atoms with Crippen molar-refractivity contribution in [3.63, 3.8) is 0 Å². The van der Waals surface area contributed by atoms with Crippen LogP contribution in [0.4, 0.5) is 0 Å². The van der Waals surface area contributed by atoms with Crippen molar-refractivity contribution in [2.24, 2.45) is 11.1 Å². The highest BCUT2D eigenvalue weighted by atomic mass is 16.2. The second-order valence-electron chi connectivity index (χ2n) is 8.88. The standard InChI is InChI=1S/C23H44N4O4/c1-6-20(29)27-19(13-9-11-15-24)22(31)26-17(2)21(30)25-16-12-8-7-10-14-23(4,5)18(3)28/h17,19H,6-16,24H2,1-5H3,(H,25,30)(H,26,31)(H,27,29). The van der Waals surface area contributed by atoms with Gasteiger partial charge in [-0.2, -0.15) is 0 Å². The van der Waals surface area contributed by atoms with Crippen LogP contribution in [0.2, 0.25) is 0 Å². The first kappa shape index (κ1) is 29.0. The van der Waals surface area contributed by atoms with Gasteiger partial charge in [0.15, 0.2) is 0 Å². The number of Topliss-reactive ketones (excluding diaryl/α,β-unsaturated/α-hetero) is 1. The van der Waals surface area contributed by atoms with Gasteiger partial charge in [0.25, 0.3) is 0 Å². The van der Waals surface area contributed by atoms with Crippen LogP contribution in [0.25, 0.3) is 0 Å². The number of rotatable bonds is 17. The van der Waals surface area contributed by atoms with Crippen LogP contribution in [0.15, 0.2) is 0 Å². The van der Waals surface area contributed by atoms with E-state index in [4.69, 9.17) is 5.73 Å². The van der Waals surface area contributed by atoms with Crippen LogP contribution < -0.4 is 21.7 Å². The van der Waals surface area contributed by atoms with E-state index in [1.165, 1.54) is 0 Å². The van der Waals surface area contributed by atoms with Gasteiger partial charge < -0.3 is 21.7 Å². The number of ketones is 1. The third kappa shape index (κ3) is 13.1. The van der Waals surface area contributed by atoms with Gasteiger partial charge in [0.05, 0.1) is 0 Å². The van der Waals surface area contributed by atoms with Gasteiger partial charge in [0, 0.05) is 18.4 Å². The average Bonchev–Trinajstić information content (AvgIpc) is 2.71. The van der Waals surface area contributed by atoms with Crippen LogP contribution in [0.5, 0.6) is 0 Å². The maximum Gasteiger partial charge on any atom is 0.243 e. The lowest BCUT2D eigenvalue weighted by Gasteiger charge is -2.21. The van der Waals surface area contributed by atoms with Crippen LogP contribution >= 0.6 is 0 Å². The molecule has 0 rings (SSSR count). The average molecular weight is 441 g/mol. The Balaban J connectivity index is 4.24. The maximum absolute atomic E-state index is 12.5. The number of nitrogens with two attached hydrogens (primary N) is 1. The fourth-order valence-corrected chi connectivity index (χ4v) is 3.02. The van der Waals surface area contributed by atoms with Gasteiger partial charge in [-0.3, -0.25) is 19.2 Å². The molecule has 0 bridgehead atoms. The molecule has 3 amide bonds. The highest BCUT2D eigenvalue weighted by Gasteiger charge is 2.24. The number of carbonyl (C=O) groups is 4. The van der Waals surface area contributed by atoms with Crippen LogP contribution in [0, 0.1) is 5.41 Å². The zero-order valence-corrected chi connectivity index (χ0v) is 20.1. The van der Waals surface area contributed by atoms with Crippen molar-refractivity contribution >= 4 is 23.5 Å². The van der Waals surface area contributed by atoms with E-state index in [-0.39, 0.29) is 28.9 Å². The molecule has 0 aromatic carbocycles. The third-order valence-corrected chi connectivity index (χ3v) is 5.65. The Kier molecular flexibility index (Phi) is 14.8. The van der Waals surface area contributed by atoms with E-state index < -0.39 is 12.1 Å². The summed E-state index contributed by atoms with van der Waals surface area (Å²) in [6, 6.07) is -1.34. The highest BCUT2D eigenvalue weighted by molar-refractivity contribution is 5.91. The Bertz CT molecular complexity index is 578. The fourth-order valence-electron chi connectivity index (χ4n) is 3.02. The van der Waals surface area contributed by atoms with E-state index in [0.717, 1.165) is 44.9 Å². The molecule has 0 radical (unpaired) electrons. The molecular weight excluding hydrogens is 396 g/mol. The first-order chi connectivity index (χ1) is 14.5. The molecule has 0 saturated heterocycles. The second kappa shape index (κ2) is 15.8. The summed E-state index contributed by atoms with van der Waals surface area (Å²) in [6.45, 7) is 10.0. The highest BCUT2D eigenvalue weighted by Crippen LogP contribution is 2.24. The van der Waals surface area contributed by atoms with Gasteiger partial charge in [-0.25, -0.2) is 0 Å². The molecule has 8 heteroatoms. The minimum Gasteiger partial charge on any atom is -0.354 e. The molecule has 0 aliphatic carbocycles. The molecule has 2 unspecified atom stereocenters. The SMILES string of the molecule is CCC(=O)NC(CCCCN)C(=O)NC(C)C(=O)NCCCCCCC(C)(C)C(C)=O. The molecule has 0 aliphatic rings. The van der Waals surface area contributed by atoms with E-state index in [1.807, 2.05) is 13.8 Å². The topological polar surface area (TPSA) is 130 Å². The molecule has 0 aliphatic heterocycles. The molecule has 2 atom stereocenters. The van der Waals surface area contributed by atoms with E-state index in [2.05, 4.69) is 16.0 Å². The summed E-state index contributed by atoms with van der Waals surface area (Å²) in [7, 11) is 0. The van der Waals surface area contributed by atoms with Crippen molar-refractivity contribution in [2.45, 2.75) is 104 Å². The van der Waals surface area contributed by atoms with Gasteiger partial charge in [-0.1, -0.05) is 40.0 Å². The Morgan fingerprint density at radius 1 is 0.903 bits per heavy atom. The van der Waals surface area contributed by atoms with Crippen LogP contribution in [0.1, 0.15) is 92.4 Å². The summed E-state index contributed by atoms with van der Waals surface area (Å²) in [6.07, 6.45) is 6.98. The molecule has 0 fully saturated rings. The smallest absolute Gasteiger partial charge is 0.243 e. The zero-order chi connectivity index (χ0) is 23.9. The van der Waals surface area contributed by atoms with Crippen LogP contribution in [0.3, 0.4) is 0 Å². The minimum atomic E-state index is -0.681. The predicted molar refractivity (Wildman–Crippen MR) is 123 cm³/mol. The summed E-state index contributed by atoms with van der Waals surface area (Å²) in [5.74, 6) is -0.577. The van der Waals surface area contributed by atoms with Crippen molar-refractivity contribution in [1.29, 1.82) is 0 Å². The Morgan fingerprint density at radius 3 is 2.13 bits per heavy atom. The fraction of sp³-hybridized carbons (Fsp3) is 0.826. The number of amides is 3. The monoisotopic (exact) mass is 440 g/mol. The van der Waals surface area contributed by atoms with Gasteiger partial charge in [-0.05, 0) is 52.5 Å². The van der Waals surface area contributed by atoms with Crippen molar-refractivity contribution in [1.82, 2.24) is 16.0 Å². The zero-order valence-electron chi connectivity index (χ0n) is 20.1. The summed E-state index contributed by atoms with van der Waals surface area (Å²) < 4.78 is 0. The van der Waals surface area contributed by atoms with Crippen molar-refractivity contribution in [2.75, 3.05) is 13.1 Å². The number of unbranched alkanes of at least 4 members (excludes halogenated alkanes) is 4. The summed E-state index contributed by atoms with van der Waals surface area (Å²) in [4.78, 5) is 48.0. The second-order valence-corrected chi connectivity index (χ2v) is 8.88. The molecule has 180 valence electrons. The number of hydrogen-bond acceptors (Lipinski definition) is 5. The summed E-state index contributed by atoms with van der Waals surface area (Å²) in [5, 5.41) is 8.25. The van der Waals surface area contributed by atoms with Gasteiger partial charge in [-0.15, -0.1) is 0 Å². The summed E-state index contributed by atoms with van der Waals surface area (Å²) in [5.41, 5.74) is 5.24. The molecule has 0 saturated carbocycles. The molecule has 0 aromatic rings. The molecule has 0 spiro atoms. The Morgan fingerprint density at radius 2 is 1.55 bits per heavy atom. The first-order valence-electron chi connectivity index (χ1n) is 11.6. The number of nitrogens with one attached hydrogen (secondary N) is 3. The molecule has 0 aromatic heterocycles. The van der Waals surface area contributed by atoms with E-state index in [9.17, 15) is 19.2 Å². The minimum absolute atomic E-state index is 0.198. The van der Waals surface area contributed by atoms with E-state index in [1.54, 1.807) is 20.8 Å². The normalized spacial score (nSPS) is 13.2. The van der Waals surface area contributed by atoms with Crippen molar-refractivity contribution in [3.8, 4) is 0 Å². The Hall–Kier alpha value is -1.96. The largest absolute Gasteiger partial charge is 0.354 e. The lowest BCUT2D eigenvalue weighted by molar-refractivity contribution is -0.131. The van der Waals surface area contributed by atoms with E-state index in [0.29, 0.717) is 25.9 Å². The molecule has 8 nitrogen and oxygen atoms in total. The van der Waals surface area contributed by atoms with Crippen molar-refractivity contribution in [3.05, 3.63) is 0 Å². The third-order valence-electron chi connectivity index (χ3n) is 5.65. The number of carbonyl (C=O) groups excluding carboxylic acids is 4. The maximum atomic E-state index is 12.5. The first-order valence-corrected chi connectivity index (χ1v) is 11.6. The molecule has 5 N–H and O–H groups in total. The molecule has 0 heterocycles. The van der Waals surface area contributed by atoms with Gasteiger partial charge in [0.2, 0.25) is 17.7 Å². The van der Waals surface area contributed by atoms with Gasteiger partial charge >= 0.3 is 0 Å². The Labute approximate surface area is 187 Å². The molecular formula is C23H44N4O4. The van der Waals surface area contributed by atoms with Crippen molar-refractivity contribution < 1.29 is 19.2 Å². The lowest BCUT2D eigenvalue weighted by atomic mass is 9.83. The molecule has 31 heavy (non-hydrogen) atoms. The van der Waals surface area contributed by atoms with Gasteiger partial charge in [0.1, 0.15) is 17.9 Å². The summed E-state index contributed by atoms with van der Waals surface area (Å²) >= 11 is 0. The predicted octanol–water partition coefficient (Wildman–Crippen LogP) is 2.20. The lowest BCUT2D eigenvalue weighted by Crippen LogP contribution is -2.52. The van der Waals surface area contributed by atoms with E-state index >= 15 is 0 Å². The van der Waals surface area contributed by atoms with Crippen LogP contribution in [-0.4, -0.2) is 48.7 Å².